The van der Waals surface area contributed by atoms with Crippen molar-refractivity contribution < 1.29 is 9.50 Å². The second-order valence-corrected chi connectivity index (χ2v) is 5.64. The van der Waals surface area contributed by atoms with E-state index in [1.54, 1.807) is 12.1 Å². The van der Waals surface area contributed by atoms with Crippen molar-refractivity contribution in [2.75, 3.05) is 6.61 Å². The van der Waals surface area contributed by atoms with Gasteiger partial charge in [-0.3, -0.25) is 0 Å². The molecular formula is C15H21ClFNO. The average Bonchev–Trinajstić information content (AvgIpc) is 2.68. The third-order valence-corrected chi connectivity index (χ3v) is 4.12. The highest BCUT2D eigenvalue weighted by Gasteiger charge is 2.21. The van der Waals surface area contributed by atoms with Gasteiger partial charge in [0.15, 0.2) is 0 Å². The highest BCUT2D eigenvalue weighted by molar-refractivity contribution is 6.30. The maximum absolute atomic E-state index is 14.0. The number of halogens is 2. The Morgan fingerprint density at radius 2 is 1.95 bits per heavy atom. The Kier molecular flexibility index (Phi) is 5.61. The zero-order valence-electron chi connectivity index (χ0n) is 11.0. The largest absolute Gasteiger partial charge is 0.394 e. The molecular weight excluding hydrogens is 265 g/mol. The van der Waals surface area contributed by atoms with E-state index in [1.165, 1.54) is 31.7 Å². The predicted octanol–water partition coefficient (Wildman–Crippen LogP) is 3.82. The summed E-state index contributed by atoms with van der Waals surface area (Å²) < 4.78 is 14.0. The van der Waals surface area contributed by atoms with Gasteiger partial charge in [0.25, 0.3) is 0 Å². The Balaban J connectivity index is 2.08. The molecule has 1 fully saturated rings. The van der Waals surface area contributed by atoms with Crippen molar-refractivity contribution in [1.29, 1.82) is 0 Å². The zero-order valence-corrected chi connectivity index (χ0v) is 11.8. The minimum absolute atomic E-state index is 0.110. The summed E-state index contributed by atoms with van der Waals surface area (Å²) in [5, 5.41) is 13.0. The summed E-state index contributed by atoms with van der Waals surface area (Å²) in [7, 11) is 0. The molecule has 0 saturated heterocycles. The van der Waals surface area contributed by atoms with Crippen LogP contribution >= 0.6 is 11.6 Å². The van der Waals surface area contributed by atoms with Crippen LogP contribution in [-0.2, 0) is 0 Å². The van der Waals surface area contributed by atoms with Gasteiger partial charge >= 0.3 is 0 Å². The van der Waals surface area contributed by atoms with E-state index < -0.39 is 5.82 Å². The van der Waals surface area contributed by atoms with E-state index in [1.807, 2.05) is 0 Å². The third-order valence-electron chi connectivity index (χ3n) is 3.83. The van der Waals surface area contributed by atoms with E-state index >= 15 is 0 Å². The molecule has 0 amide bonds. The summed E-state index contributed by atoms with van der Waals surface area (Å²) in [6, 6.07) is 4.92. The van der Waals surface area contributed by atoms with Crippen LogP contribution < -0.4 is 5.32 Å². The summed E-state index contributed by atoms with van der Waals surface area (Å²) in [4.78, 5) is 0. The number of hydrogen-bond donors (Lipinski definition) is 2. The normalized spacial score (nSPS) is 19.1. The van der Waals surface area contributed by atoms with Crippen LogP contribution in [0, 0.1) is 5.82 Å². The van der Waals surface area contributed by atoms with Crippen molar-refractivity contribution in [3.63, 3.8) is 0 Å². The van der Waals surface area contributed by atoms with Gasteiger partial charge in [-0.05, 0) is 18.9 Å². The molecule has 1 aromatic rings. The molecule has 0 spiro atoms. The van der Waals surface area contributed by atoms with Gasteiger partial charge in [-0.2, -0.15) is 0 Å². The molecule has 0 aromatic heterocycles. The van der Waals surface area contributed by atoms with Gasteiger partial charge in [-0.1, -0.05) is 49.4 Å². The van der Waals surface area contributed by atoms with Crippen molar-refractivity contribution in [1.82, 2.24) is 5.32 Å². The Bertz CT molecular complexity index is 405. The molecule has 0 bridgehead atoms. The van der Waals surface area contributed by atoms with Crippen LogP contribution in [0.25, 0.3) is 0 Å². The monoisotopic (exact) mass is 285 g/mol. The fourth-order valence-electron chi connectivity index (χ4n) is 2.76. The molecule has 1 atom stereocenters. The molecule has 2 nitrogen and oxygen atoms in total. The van der Waals surface area contributed by atoms with Crippen LogP contribution in [0.3, 0.4) is 0 Å². The summed E-state index contributed by atoms with van der Waals surface area (Å²) in [6.45, 7) is -0.117. The van der Waals surface area contributed by atoms with Crippen LogP contribution in [0.2, 0.25) is 5.02 Å². The zero-order chi connectivity index (χ0) is 13.7. The molecule has 1 aromatic carbocycles. The summed E-state index contributed by atoms with van der Waals surface area (Å²) >= 11 is 5.80. The first-order valence-corrected chi connectivity index (χ1v) is 7.41. The first-order valence-electron chi connectivity index (χ1n) is 7.03. The van der Waals surface area contributed by atoms with Crippen molar-refractivity contribution in [3.05, 3.63) is 34.6 Å². The maximum atomic E-state index is 14.0. The number of nitrogens with one attached hydrogen (secondary N) is 1. The minimum atomic E-state index is -0.427. The molecule has 19 heavy (non-hydrogen) atoms. The topological polar surface area (TPSA) is 32.3 Å². The van der Waals surface area contributed by atoms with Crippen LogP contribution in [0.5, 0.6) is 0 Å². The van der Waals surface area contributed by atoms with Crippen LogP contribution in [0.15, 0.2) is 18.2 Å². The van der Waals surface area contributed by atoms with Gasteiger partial charge in [-0.25, -0.2) is 4.39 Å². The van der Waals surface area contributed by atoms with E-state index in [0.717, 1.165) is 12.8 Å². The molecule has 0 radical (unpaired) electrons. The van der Waals surface area contributed by atoms with Crippen LogP contribution in [-0.4, -0.2) is 17.8 Å². The quantitative estimate of drug-likeness (QED) is 0.824. The van der Waals surface area contributed by atoms with Gasteiger partial charge in [0.1, 0.15) is 5.82 Å². The number of hydrogen-bond acceptors (Lipinski definition) is 2. The molecule has 2 rings (SSSR count). The molecule has 0 heterocycles. The molecule has 1 saturated carbocycles. The van der Waals surface area contributed by atoms with Gasteiger partial charge in [0, 0.05) is 11.6 Å². The van der Waals surface area contributed by atoms with Gasteiger partial charge in [0.2, 0.25) is 0 Å². The Morgan fingerprint density at radius 3 is 2.58 bits per heavy atom. The number of aliphatic hydroxyl groups is 1. The summed E-state index contributed by atoms with van der Waals surface area (Å²) in [6.07, 6.45) is 7.14. The van der Waals surface area contributed by atoms with E-state index in [4.69, 9.17) is 11.6 Å². The standard InChI is InChI=1S/C15H21ClFNO/c16-13-9-5-8-12(15(13)17)14(10-19)18-11-6-3-1-2-4-7-11/h5,8-9,11,14,18-19H,1-4,6-7,10H2. The molecule has 1 aliphatic rings. The summed E-state index contributed by atoms with van der Waals surface area (Å²) in [5.41, 5.74) is 0.458. The fourth-order valence-corrected chi connectivity index (χ4v) is 2.94. The highest BCUT2D eigenvalue weighted by atomic mass is 35.5. The van der Waals surface area contributed by atoms with E-state index in [2.05, 4.69) is 5.32 Å². The smallest absolute Gasteiger partial charge is 0.146 e. The first-order chi connectivity index (χ1) is 9.22. The highest BCUT2D eigenvalue weighted by Crippen LogP contribution is 2.25. The molecule has 1 unspecified atom stereocenters. The molecule has 2 N–H and O–H groups in total. The number of rotatable bonds is 4. The SMILES string of the molecule is OCC(NC1CCCCCC1)c1cccc(Cl)c1F. The lowest BCUT2D eigenvalue weighted by atomic mass is 10.0. The first kappa shape index (κ1) is 14.8. The second-order valence-electron chi connectivity index (χ2n) is 5.23. The average molecular weight is 286 g/mol. The second kappa shape index (κ2) is 7.22. The number of aliphatic hydroxyl groups excluding tert-OH is 1. The fraction of sp³-hybridized carbons (Fsp3) is 0.600. The Morgan fingerprint density at radius 1 is 1.26 bits per heavy atom. The van der Waals surface area contributed by atoms with Gasteiger partial charge in [-0.15, -0.1) is 0 Å². The van der Waals surface area contributed by atoms with Gasteiger partial charge in [0.05, 0.1) is 17.7 Å². The molecule has 4 heteroatoms. The van der Waals surface area contributed by atoms with Crippen LogP contribution in [0.4, 0.5) is 4.39 Å². The maximum Gasteiger partial charge on any atom is 0.146 e. The minimum Gasteiger partial charge on any atom is -0.394 e. The van der Waals surface area contributed by atoms with E-state index in [9.17, 15) is 9.50 Å². The van der Waals surface area contributed by atoms with Crippen LogP contribution in [0.1, 0.15) is 50.1 Å². The number of benzene rings is 1. The van der Waals surface area contributed by atoms with Crippen molar-refractivity contribution in [3.8, 4) is 0 Å². The van der Waals surface area contributed by atoms with Crippen molar-refractivity contribution in [2.45, 2.75) is 50.6 Å². The third kappa shape index (κ3) is 3.91. The molecule has 106 valence electrons. The summed E-state index contributed by atoms with van der Waals surface area (Å²) in [5.74, 6) is -0.427. The van der Waals surface area contributed by atoms with Crippen molar-refractivity contribution >= 4 is 11.6 Å². The lowest BCUT2D eigenvalue weighted by Gasteiger charge is -2.24. The Hall–Kier alpha value is -0.640. The molecule has 0 aliphatic heterocycles. The van der Waals surface area contributed by atoms with Gasteiger partial charge < -0.3 is 10.4 Å². The lowest BCUT2D eigenvalue weighted by molar-refractivity contribution is 0.225. The van der Waals surface area contributed by atoms with Crippen molar-refractivity contribution in [2.24, 2.45) is 0 Å². The molecule has 1 aliphatic carbocycles. The Labute approximate surface area is 119 Å². The lowest BCUT2D eigenvalue weighted by Crippen LogP contribution is -2.34. The van der Waals surface area contributed by atoms with E-state index in [0.29, 0.717) is 11.6 Å². The van der Waals surface area contributed by atoms with E-state index in [-0.39, 0.29) is 17.7 Å². The predicted molar refractivity (Wildman–Crippen MR) is 75.9 cm³/mol.